The summed E-state index contributed by atoms with van der Waals surface area (Å²) in [4.78, 5) is 10.9. The van der Waals surface area contributed by atoms with Crippen molar-refractivity contribution in [3.05, 3.63) is 24.3 Å². The van der Waals surface area contributed by atoms with Gasteiger partial charge in [0.05, 0.1) is 11.5 Å². The van der Waals surface area contributed by atoms with Crippen LogP contribution < -0.4 is 9.46 Å². The van der Waals surface area contributed by atoms with E-state index in [0.717, 1.165) is 30.7 Å². The average molecular weight is 349 g/mol. The first-order valence-electron chi connectivity index (χ1n) is 6.19. The molecule has 1 aromatic carbocycles. The van der Waals surface area contributed by atoms with E-state index in [1.54, 1.807) is 4.72 Å². The summed E-state index contributed by atoms with van der Waals surface area (Å²) in [6.45, 7) is 1.93. The van der Waals surface area contributed by atoms with Gasteiger partial charge in [-0.1, -0.05) is 13.3 Å². The van der Waals surface area contributed by atoms with Gasteiger partial charge in [-0.05, 0) is 30.7 Å². The summed E-state index contributed by atoms with van der Waals surface area (Å²) >= 11 is 0. The molecular weight excluding hydrogens is 334 g/mol. The SMILES string of the molecule is CCCCOC(=O)NS(=O)(=O)c1ccc(OC(F)(F)F)cc1.[LiH]. The molecule has 0 unspecified atom stereocenters. The number of rotatable bonds is 6. The van der Waals surface area contributed by atoms with Crippen LogP contribution in [0.25, 0.3) is 0 Å². The van der Waals surface area contributed by atoms with Crippen molar-refractivity contribution in [1.29, 1.82) is 0 Å². The number of unbranched alkanes of at least 4 members (excludes halogenated alkanes) is 1. The van der Waals surface area contributed by atoms with Gasteiger partial charge in [-0.25, -0.2) is 17.9 Å². The number of halogens is 3. The molecule has 1 aromatic rings. The molecule has 11 heteroatoms. The van der Waals surface area contributed by atoms with E-state index >= 15 is 0 Å². The molecule has 126 valence electrons. The zero-order chi connectivity index (χ0) is 16.8. The van der Waals surface area contributed by atoms with E-state index < -0.39 is 33.1 Å². The van der Waals surface area contributed by atoms with Crippen molar-refractivity contribution in [2.75, 3.05) is 6.61 Å². The predicted molar refractivity (Wildman–Crippen MR) is 76.9 cm³/mol. The molecule has 1 amide bonds. The molecule has 0 aliphatic carbocycles. The van der Waals surface area contributed by atoms with Gasteiger partial charge in [0, 0.05) is 0 Å². The van der Waals surface area contributed by atoms with E-state index in [9.17, 15) is 26.4 Å². The Hall–Kier alpha value is -1.37. The van der Waals surface area contributed by atoms with Gasteiger partial charge in [-0.15, -0.1) is 13.2 Å². The number of sulfonamides is 1. The zero-order valence-corrected chi connectivity index (χ0v) is 12.3. The second kappa shape index (κ2) is 9.05. The van der Waals surface area contributed by atoms with Crippen LogP contribution in [0.4, 0.5) is 18.0 Å². The molecule has 0 saturated heterocycles. The Morgan fingerprint density at radius 1 is 1.22 bits per heavy atom. The fraction of sp³-hybridized carbons (Fsp3) is 0.417. The summed E-state index contributed by atoms with van der Waals surface area (Å²) in [7, 11) is -4.22. The van der Waals surface area contributed by atoms with Crippen LogP contribution in [0, 0.1) is 0 Å². The van der Waals surface area contributed by atoms with Gasteiger partial charge in [0.15, 0.2) is 0 Å². The van der Waals surface area contributed by atoms with Gasteiger partial charge < -0.3 is 9.47 Å². The summed E-state index contributed by atoms with van der Waals surface area (Å²) in [5.74, 6) is -0.572. The van der Waals surface area contributed by atoms with Crippen molar-refractivity contribution in [3.8, 4) is 5.75 Å². The van der Waals surface area contributed by atoms with E-state index in [2.05, 4.69) is 9.47 Å². The molecule has 1 N–H and O–H groups in total. The van der Waals surface area contributed by atoms with Crippen LogP contribution in [0.3, 0.4) is 0 Å². The van der Waals surface area contributed by atoms with Crippen LogP contribution in [-0.2, 0) is 14.8 Å². The molecule has 0 aliphatic heterocycles. The molecule has 0 bridgehead atoms. The van der Waals surface area contributed by atoms with E-state index in [4.69, 9.17) is 0 Å². The minimum atomic E-state index is -4.87. The van der Waals surface area contributed by atoms with Gasteiger partial charge in [0.2, 0.25) is 0 Å². The molecule has 23 heavy (non-hydrogen) atoms. The Morgan fingerprint density at radius 2 is 1.78 bits per heavy atom. The first kappa shape index (κ1) is 21.6. The summed E-state index contributed by atoms with van der Waals surface area (Å²) in [5, 5.41) is 0. The maximum atomic E-state index is 12.0. The standard InChI is InChI=1S/C12H14F3NO5S.Li.H/c1-2-3-8-20-11(17)16-22(18,19)10-6-4-9(5-7-10)21-12(13,14)15;;/h4-7H,2-3,8H2,1H3,(H,16,17);;. The third-order valence-corrected chi connectivity index (χ3v) is 3.64. The van der Waals surface area contributed by atoms with Crippen molar-refractivity contribution < 1.29 is 35.9 Å². The van der Waals surface area contributed by atoms with Crippen LogP contribution in [0.15, 0.2) is 29.2 Å². The fourth-order valence-electron chi connectivity index (χ4n) is 1.33. The molecular formula is C12H15F3LiNO5S. The molecule has 0 fully saturated rings. The van der Waals surface area contributed by atoms with Gasteiger partial charge >= 0.3 is 31.3 Å². The number of carbonyl (C=O) groups excluding carboxylic acids is 1. The second-order valence-electron chi connectivity index (χ2n) is 4.11. The Morgan fingerprint density at radius 3 is 2.26 bits per heavy atom. The van der Waals surface area contributed by atoms with Crippen LogP contribution in [0.5, 0.6) is 5.75 Å². The summed E-state index contributed by atoms with van der Waals surface area (Å²) in [6.07, 6.45) is -4.68. The molecule has 0 aromatic heterocycles. The van der Waals surface area contributed by atoms with Crippen LogP contribution in [-0.4, -0.2) is 46.3 Å². The Bertz CT molecular complexity index is 604. The average Bonchev–Trinajstić information content (AvgIpc) is 2.37. The number of ether oxygens (including phenoxy) is 2. The van der Waals surface area contributed by atoms with Crippen molar-refractivity contribution in [3.63, 3.8) is 0 Å². The van der Waals surface area contributed by atoms with Crippen LogP contribution >= 0.6 is 0 Å². The molecule has 0 atom stereocenters. The Labute approximate surface area is 143 Å². The Kier molecular flexibility index (Phi) is 8.51. The number of amides is 1. The number of hydrogen-bond acceptors (Lipinski definition) is 5. The summed E-state index contributed by atoms with van der Waals surface area (Å²) < 4.78 is 69.4. The normalized spacial score (nSPS) is 11.3. The molecule has 0 spiro atoms. The first-order valence-corrected chi connectivity index (χ1v) is 7.68. The van der Waals surface area contributed by atoms with E-state index in [1.165, 1.54) is 0 Å². The molecule has 0 saturated carbocycles. The van der Waals surface area contributed by atoms with Gasteiger partial charge in [0.25, 0.3) is 10.0 Å². The fourth-order valence-corrected chi connectivity index (χ4v) is 2.22. The number of hydrogen-bond donors (Lipinski definition) is 1. The minimum absolute atomic E-state index is 0. The van der Waals surface area contributed by atoms with E-state index in [0.29, 0.717) is 6.42 Å². The van der Waals surface area contributed by atoms with E-state index in [1.807, 2.05) is 6.92 Å². The van der Waals surface area contributed by atoms with Crippen molar-refractivity contribution in [2.24, 2.45) is 0 Å². The van der Waals surface area contributed by atoms with Crippen LogP contribution in [0.1, 0.15) is 19.8 Å². The molecule has 0 heterocycles. The number of nitrogens with one attached hydrogen (secondary N) is 1. The second-order valence-corrected chi connectivity index (χ2v) is 5.80. The maximum absolute atomic E-state index is 12.0. The quantitative estimate of drug-likeness (QED) is 0.629. The number of alkyl halides is 3. The van der Waals surface area contributed by atoms with Gasteiger partial charge in [0.1, 0.15) is 5.75 Å². The summed E-state index contributed by atoms with van der Waals surface area (Å²) in [5.41, 5.74) is 0. The molecule has 1 rings (SSSR count). The molecule has 0 aliphatic rings. The monoisotopic (exact) mass is 349 g/mol. The first-order chi connectivity index (χ1) is 10.1. The van der Waals surface area contributed by atoms with Crippen molar-refractivity contribution in [1.82, 2.24) is 4.72 Å². The summed E-state index contributed by atoms with van der Waals surface area (Å²) in [6, 6.07) is 3.40. The molecule has 6 nitrogen and oxygen atoms in total. The van der Waals surface area contributed by atoms with Gasteiger partial charge in [-0.3, -0.25) is 0 Å². The predicted octanol–water partition coefficient (Wildman–Crippen LogP) is 2.15. The third-order valence-electron chi connectivity index (χ3n) is 2.32. The van der Waals surface area contributed by atoms with E-state index in [-0.39, 0.29) is 25.5 Å². The number of benzene rings is 1. The number of carbonyl (C=O) groups is 1. The topological polar surface area (TPSA) is 81.7 Å². The van der Waals surface area contributed by atoms with Crippen molar-refractivity contribution >= 4 is 35.0 Å². The molecule has 0 radical (unpaired) electrons. The van der Waals surface area contributed by atoms with Crippen molar-refractivity contribution in [2.45, 2.75) is 31.0 Å². The van der Waals surface area contributed by atoms with Crippen LogP contribution in [0.2, 0.25) is 0 Å². The zero-order valence-electron chi connectivity index (χ0n) is 11.5. The van der Waals surface area contributed by atoms with Gasteiger partial charge in [-0.2, -0.15) is 0 Å². The third kappa shape index (κ3) is 8.15. The Balaban J connectivity index is 0.00000484.